The fraction of sp³-hybridized carbons (Fsp3) is 0.455. The van der Waals surface area contributed by atoms with Gasteiger partial charge in [-0.2, -0.15) is 0 Å². The number of methoxy groups -OCH3 is 1. The summed E-state index contributed by atoms with van der Waals surface area (Å²) in [7, 11) is 1.78. The summed E-state index contributed by atoms with van der Waals surface area (Å²) in [6.45, 7) is 0. The number of halogens is 2. The van der Waals surface area contributed by atoms with Gasteiger partial charge in [-0.1, -0.05) is 0 Å². The first kappa shape index (κ1) is 19.7. The molecule has 0 amide bonds. The van der Waals surface area contributed by atoms with Crippen LogP contribution in [0.25, 0.3) is 11.1 Å². The first-order valence-electron chi connectivity index (χ1n) is 9.59. The van der Waals surface area contributed by atoms with E-state index in [9.17, 15) is 0 Å². The van der Waals surface area contributed by atoms with Crippen molar-refractivity contribution in [2.24, 2.45) is 0 Å². The Balaban J connectivity index is 2.09. The third-order valence-electron chi connectivity index (χ3n) is 5.74. The maximum absolute atomic E-state index is 6.12. The lowest BCUT2D eigenvalue weighted by molar-refractivity contribution is 0.412. The summed E-state index contributed by atoms with van der Waals surface area (Å²) in [6, 6.07) is 4.52. The van der Waals surface area contributed by atoms with Gasteiger partial charge in [0.25, 0.3) is 0 Å². The second-order valence-corrected chi connectivity index (χ2v) is 9.48. The van der Waals surface area contributed by atoms with E-state index in [1.807, 2.05) is 6.26 Å². The van der Waals surface area contributed by atoms with Crippen LogP contribution >= 0.6 is 43.9 Å². The van der Waals surface area contributed by atoms with E-state index in [-0.39, 0.29) is 0 Å². The van der Waals surface area contributed by atoms with Gasteiger partial charge in [0, 0.05) is 17.4 Å². The smallest absolute Gasteiger partial charge is 0.159 e. The molecule has 0 N–H and O–H groups in total. The molecule has 0 radical (unpaired) electrons. The monoisotopic (exact) mass is 510 g/mol. The lowest BCUT2D eigenvalue weighted by atomic mass is 9.80. The summed E-state index contributed by atoms with van der Waals surface area (Å²) >= 11 is 8.97. The van der Waals surface area contributed by atoms with E-state index in [4.69, 9.17) is 8.92 Å². The van der Waals surface area contributed by atoms with Crippen LogP contribution in [0.5, 0.6) is 11.5 Å². The van der Waals surface area contributed by atoms with Crippen molar-refractivity contribution in [1.29, 1.82) is 0 Å². The van der Waals surface area contributed by atoms with Gasteiger partial charge >= 0.3 is 0 Å². The van der Waals surface area contributed by atoms with Gasteiger partial charge in [-0.15, -0.1) is 0 Å². The van der Waals surface area contributed by atoms with Crippen molar-refractivity contribution >= 4 is 43.9 Å². The van der Waals surface area contributed by atoms with Gasteiger partial charge < -0.3 is 8.92 Å². The topological polar surface area (TPSA) is 18.5 Å². The Hall–Kier alpha value is -0.650. The van der Waals surface area contributed by atoms with Gasteiger partial charge in [0.05, 0.1) is 28.1 Å². The van der Waals surface area contributed by atoms with Gasteiger partial charge in [-0.25, -0.2) is 0 Å². The molecular weight excluding hydrogens is 488 g/mol. The summed E-state index contributed by atoms with van der Waals surface area (Å²) in [4.78, 5) is 0. The first-order chi connectivity index (χ1) is 13.2. The van der Waals surface area contributed by atoms with Gasteiger partial charge in [0.1, 0.15) is 5.75 Å². The highest BCUT2D eigenvalue weighted by molar-refractivity contribution is 9.11. The minimum atomic E-state index is 0.937. The van der Waals surface area contributed by atoms with Gasteiger partial charge in [0.2, 0.25) is 0 Å². The third-order valence-corrected chi connectivity index (χ3v) is 7.25. The quantitative estimate of drug-likeness (QED) is 0.401. The van der Waals surface area contributed by atoms with E-state index in [0.29, 0.717) is 0 Å². The third kappa shape index (κ3) is 3.56. The molecule has 2 nitrogen and oxygen atoms in total. The predicted octanol–water partition coefficient (Wildman–Crippen LogP) is 7.30. The molecule has 0 unspecified atom stereocenters. The van der Waals surface area contributed by atoms with E-state index in [1.165, 1.54) is 71.1 Å². The summed E-state index contributed by atoms with van der Waals surface area (Å²) < 4.78 is 14.1. The molecule has 0 atom stereocenters. The summed E-state index contributed by atoms with van der Waals surface area (Å²) in [5.41, 5.74) is 8.26. The van der Waals surface area contributed by atoms with Crippen LogP contribution in [0.4, 0.5) is 0 Å². The Labute approximate surface area is 182 Å². The molecule has 0 spiro atoms. The molecule has 0 saturated heterocycles. The minimum Gasteiger partial charge on any atom is -0.495 e. The zero-order chi connectivity index (χ0) is 19.0. The highest BCUT2D eigenvalue weighted by atomic mass is 79.9. The number of hydrogen-bond donors (Lipinski definition) is 0. The lowest BCUT2D eigenvalue weighted by Gasteiger charge is -2.28. The van der Waals surface area contributed by atoms with Crippen molar-refractivity contribution in [1.82, 2.24) is 0 Å². The van der Waals surface area contributed by atoms with Crippen LogP contribution in [-0.2, 0) is 25.7 Å². The van der Waals surface area contributed by atoms with Crippen LogP contribution in [0.1, 0.15) is 47.9 Å². The molecule has 0 fully saturated rings. The molecule has 0 aromatic heterocycles. The van der Waals surface area contributed by atoms with Gasteiger partial charge in [-0.3, -0.25) is 0 Å². The Bertz CT molecular complexity index is 880. The maximum Gasteiger partial charge on any atom is 0.159 e. The van der Waals surface area contributed by atoms with Crippen molar-refractivity contribution in [2.75, 3.05) is 13.4 Å². The van der Waals surface area contributed by atoms with Crippen LogP contribution in [0.15, 0.2) is 21.1 Å². The molecule has 2 aromatic carbocycles. The minimum absolute atomic E-state index is 0.937. The average Bonchev–Trinajstić information content (AvgIpc) is 2.68. The molecule has 0 bridgehead atoms. The van der Waals surface area contributed by atoms with Crippen LogP contribution < -0.4 is 8.92 Å². The van der Waals surface area contributed by atoms with Crippen molar-refractivity contribution in [3.8, 4) is 22.6 Å². The SMILES string of the molecule is COc1c(Br)cc2c(c1-c1c3c(cc(Br)c1OSC)CCCC3)CCCC2. The number of aryl methyl sites for hydroxylation is 2. The van der Waals surface area contributed by atoms with Crippen LogP contribution in [0, 0.1) is 0 Å². The number of fused-ring (bicyclic) bond motifs is 2. The second-order valence-electron chi connectivity index (χ2n) is 7.27. The summed E-state index contributed by atoms with van der Waals surface area (Å²) in [5.74, 6) is 1.87. The Morgan fingerprint density at radius 2 is 1.26 bits per heavy atom. The summed E-state index contributed by atoms with van der Waals surface area (Å²) in [6.07, 6.45) is 11.5. The molecule has 0 heterocycles. The molecule has 4 rings (SSSR count). The Morgan fingerprint density at radius 3 is 1.78 bits per heavy atom. The molecule has 0 aliphatic heterocycles. The predicted molar refractivity (Wildman–Crippen MR) is 121 cm³/mol. The Morgan fingerprint density at radius 1 is 0.778 bits per heavy atom. The average molecular weight is 512 g/mol. The molecule has 2 aromatic rings. The fourth-order valence-corrected chi connectivity index (χ4v) is 6.23. The molecule has 2 aliphatic rings. The number of ether oxygens (including phenoxy) is 1. The number of hydrogen-bond acceptors (Lipinski definition) is 3. The van der Waals surface area contributed by atoms with E-state index in [0.717, 1.165) is 46.1 Å². The highest BCUT2D eigenvalue weighted by Crippen LogP contribution is 2.51. The zero-order valence-corrected chi connectivity index (χ0v) is 19.8. The Kier molecular flexibility index (Phi) is 6.10. The van der Waals surface area contributed by atoms with Crippen LogP contribution in [0.2, 0.25) is 0 Å². The highest BCUT2D eigenvalue weighted by Gasteiger charge is 2.29. The van der Waals surface area contributed by atoms with Crippen LogP contribution in [0.3, 0.4) is 0 Å². The number of rotatable bonds is 4. The van der Waals surface area contributed by atoms with Gasteiger partial charge in [0.15, 0.2) is 5.75 Å². The van der Waals surface area contributed by atoms with Crippen molar-refractivity contribution in [3.63, 3.8) is 0 Å². The molecule has 2 aliphatic carbocycles. The molecule has 27 heavy (non-hydrogen) atoms. The zero-order valence-electron chi connectivity index (χ0n) is 15.8. The first-order valence-corrected chi connectivity index (χ1v) is 12.3. The van der Waals surface area contributed by atoms with E-state index in [1.54, 1.807) is 7.11 Å². The van der Waals surface area contributed by atoms with Gasteiger partial charge in [-0.05, 0) is 118 Å². The van der Waals surface area contributed by atoms with E-state index >= 15 is 0 Å². The normalized spacial score (nSPS) is 15.9. The molecule has 144 valence electrons. The van der Waals surface area contributed by atoms with Crippen molar-refractivity contribution in [3.05, 3.63) is 43.3 Å². The van der Waals surface area contributed by atoms with E-state index < -0.39 is 0 Å². The lowest BCUT2D eigenvalue weighted by Crippen LogP contribution is -2.11. The fourth-order valence-electron chi connectivity index (χ4n) is 4.59. The largest absolute Gasteiger partial charge is 0.495 e. The van der Waals surface area contributed by atoms with Crippen LogP contribution in [-0.4, -0.2) is 13.4 Å². The molecular formula is C22H24Br2O2S. The summed E-state index contributed by atoms with van der Waals surface area (Å²) in [5, 5.41) is 0. The van der Waals surface area contributed by atoms with Crippen molar-refractivity contribution in [2.45, 2.75) is 51.4 Å². The van der Waals surface area contributed by atoms with E-state index in [2.05, 4.69) is 44.0 Å². The molecule has 0 saturated carbocycles. The second kappa shape index (κ2) is 8.38. The molecule has 5 heteroatoms. The maximum atomic E-state index is 6.12. The van der Waals surface area contributed by atoms with Crippen molar-refractivity contribution < 1.29 is 8.92 Å². The number of benzene rings is 2. The standard InChI is InChI=1S/C22H24Br2O2S/c1-25-21-17(23)11-13-7-3-5-9-15(13)19(21)20-16-10-6-4-8-14(16)12-18(24)22(20)26-27-2/h11-12H,3-10H2,1-2H3.